The Bertz CT molecular complexity index is 203. The maximum absolute atomic E-state index is 5.85. The highest BCUT2D eigenvalue weighted by Crippen LogP contribution is 2.29. The summed E-state index contributed by atoms with van der Waals surface area (Å²) < 4.78 is 5.85. The Labute approximate surface area is 108 Å². The fraction of sp³-hybridized carbons (Fsp3) is 1.00. The van der Waals surface area contributed by atoms with Crippen molar-refractivity contribution < 1.29 is 4.74 Å². The molecule has 1 aliphatic carbocycles. The molecule has 0 saturated heterocycles. The largest absolute Gasteiger partial charge is 0.381 e. The lowest BCUT2D eigenvalue weighted by molar-refractivity contribution is 0.0813. The van der Waals surface area contributed by atoms with Crippen molar-refractivity contribution in [3.05, 3.63) is 0 Å². The van der Waals surface area contributed by atoms with Crippen LogP contribution in [0.4, 0.5) is 0 Å². The average Bonchev–Trinajstić information content (AvgIpc) is 2.95. The minimum absolute atomic E-state index is 0.214. The van der Waals surface area contributed by atoms with E-state index in [1.165, 1.54) is 19.3 Å². The molecular weight excluding hydrogens is 210 g/mol. The van der Waals surface area contributed by atoms with Crippen molar-refractivity contribution in [1.29, 1.82) is 0 Å². The summed E-state index contributed by atoms with van der Waals surface area (Å²) in [6.45, 7) is 14.3. The highest BCUT2D eigenvalue weighted by Gasteiger charge is 2.22. The van der Waals surface area contributed by atoms with Crippen molar-refractivity contribution in [2.75, 3.05) is 19.8 Å². The standard InChI is InChI=1S/C15H31NO/c1-12(2)8-14(9-16-15(3,4)5)11-17-10-13-6-7-13/h12-14,16H,6-11H2,1-5H3. The Balaban J connectivity index is 2.20. The molecule has 0 bridgehead atoms. The number of hydrogen-bond donors (Lipinski definition) is 1. The number of nitrogens with one attached hydrogen (secondary N) is 1. The first kappa shape index (κ1) is 15.0. The summed E-state index contributed by atoms with van der Waals surface area (Å²) in [7, 11) is 0. The fourth-order valence-corrected chi connectivity index (χ4v) is 2.01. The molecule has 1 atom stereocenters. The lowest BCUT2D eigenvalue weighted by atomic mass is 9.96. The quantitative estimate of drug-likeness (QED) is 0.702. The first-order chi connectivity index (χ1) is 7.87. The third kappa shape index (κ3) is 8.62. The molecule has 0 heterocycles. The van der Waals surface area contributed by atoms with Crippen LogP contribution in [0.2, 0.25) is 0 Å². The van der Waals surface area contributed by atoms with E-state index < -0.39 is 0 Å². The van der Waals surface area contributed by atoms with Crippen LogP contribution in [0.1, 0.15) is 53.9 Å². The summed E-state index contributed by atoms with van der Waals surface area (Å²) in [6.07, 6.45) is 4.03. The second kappa shape index (κ2) is 6.75. The Kier molecular flexibility index (Phi) is 5.94. The second-order valence-corrected chi connectivity index (χ2v) is 7.11. The van der Waals surface area contributed by atoms with E-state index in [0.717, 1.165) is 31.6 Å². The van der Waals surface area contributed by atoms with Crippen LogP contribution < -0.4 is 5.32 Å². The zero-order valence-corrected chi connectivity index (χ0v) is 12.4. The van der Waals surface area contributed by atoms with Gasteiger partial charge in [0.15, 0.2) is 0 Å². The second-order valence-electron chi connectivity index (χ2n) is 7.11. The van der Waals surface area contributed by atoms with Crippen LogP contribution in [0.15, 0.2) is 0 Å². The van der Waals surface area contributed by atoms with Crippen LogP contribution in [0.3, 0.4) is 0 Å². The van der Waals surface area contributed by atoms with Gasteiger partial charge in [-0.25, -0.2) is 0 Å². The van der Waals surface area contributed by atoms with E-state index in [1.807, 2.05) is 0 Å². The minimum Gasteiger partial charge on any atom is -0.381 e. The minimum atomic E-state index is 0.214. The lowest BCUT2D eigenvalue weighted by Gasteiger charge is -2.26. The van der Waals surface area contributed by atoms with Crippen molar-refractivity contribution in [2.45, 2.75) is 59.4 Å². The van der Waals surface area contributed by atoms with Crippen LogP contribution in [0.25, 0.3) is 0 Å². The molecule has 1 saturated carbocycles. The third-order valence-electron chi connectivity index (χ3n) is 3.13. The molecule has 0 aromatic heterocycles. The molecule has 17 heavy (non-hydrogen) atoms. The summed E-state index contributed by atoms with van der Waals surface area (Å²) >= 11 is 0. The van der Waals surface area contributed by atoms with Gasteiger partial charge in [0.05, 0.1) is 6.61 Å². The maximum Gasteiger partial charge on any atom is 0.0506 e. The Hall–Kier alpha value is -0.0800. The van der Waals surface area contributed by atoms with E-state index in [2.05, 4.69) is 39.9 Å². The summed E-state index contributed by atoms with van der Waals surface area (Å²) in [5.74, 6) is 2.30. The lowest BCUT2D eigenvalue weighted by Crippen LogP contribution is -2.40. The molecule has 1 unspecified atom stereocenters. The molecule has 1 fully saturated rings. The predicted octanol–water partition coefficient (Wildman–Crippen LogP) is 3.46. The van der Waals surface area contributed by atoms with Crippen molar-refractivity contribution >= 4 is 0 Å². The number of rotatable bonds is 8. The van der Waals surface area contributed by atoms with E-state index in [4.69, 9.17) is 4.74 Å². The van der Waals surface area contributed by atoms with Gasteiger partial charge in [-0.3, -0.25) is 0 Å². The SMILES string of the molecule is CC(C)CC(CNC(C)(C)C)COCC1CC1. The topological polar surface area (TPSA) is 21.3 Å². The summed E-state index contributed by atoms with van der Waals surface area (Å²) in [4.78, 5) is 0. The zero-order chi connectivity index (χ0) is 12.9. The molecule has 0 aliphatic heterocycles. The van der Waals surface area contributed by atoms with E-state index in [9.17, 15) is 0 Å². The van der Waals surface area contributed by atoms with E-state index in [-0.39, 0.29) is 5.54 Å². The molecule has 0 spiro atoms. The van der Waals surface area contributed by atoms with Gasteiger partial charge < -0.3 is 10.1 Å². The van der Waals surface area contributed by atoms with Gasteiger partial charge in [-0.1, -0.05) is 13.8 Å². The Morgan fingerprint density at radius 3 is 2.35 bits per heavy atom. The van der Waals surface area contributed by atoms with Gasteiger partial charge in [-0.2, -0.15) is 0 Å². The van der Waals surface area contributed by atoms with Gasteiger partial charge in [-0.05, 0) is 57.8 Å². The molecule has 0 aromatic carbocycles. The fourth-order valence-electron chi connectivity index (χ4n) is 2.01. The molecule has 0 radical (unpaired) electrons. The highest BCUT2D eigenvalue weighted by molar-refractivity contribution is 4.75. The Morgan fingerprint density at radius 2 is 1.88 bits per heavy atom. The maximum atomic E-state index is 5.85. The van der Waals surface area contributed by atoms with Gasteiger partial charge in [0.25, 0.3) is 0 Å². The summed E-state index contributed by atoms with van der Waals surface area (Å²) in [5.41, 5.74) is 0.214. The van der Waals surface area contributed by atoms with Gasteiger partial charge in [0.2, 0.25) is 0 Å². The Morgan fingerprint density at radius 1 is 1.24 bits per heavy atom. The number of ether oxygens (including phenoxy) is 1. The zero-order valence-electron chi connectivity index (χ0n) is 12.4. The van der Waals surface area contributed by atoms with Gasteiger partial charge in [0.1, 0.15) is 0 Å². The van der Waals surface area contributed by atoms with Crippen molar-refractivity contribution in [1.82, 2.24) is 5.32 Å². The van der Waals surface area contributed by atoms with Crippen LogP contribution in [0.5, 0.6) is 0 Å². The summed E-state index contributed by atoms with van der Waals surface area (Å²) in [6, 6.07) is 0. The molecule has 1 rings (SSSR count). The summed E-state index contributed by atoms with van der Waals surface area (Å²) in [5, 5.41) is 3.60. The third-order valence-corrected chi connectivity index (χ3v) is 3.13. The van der Waals surface area contributed by atoms with E-state index in [0.29, 0.717) is 5.92 Å². The molecule has 2 heteroatoms. The van der Waals surface area contributed by atoms with Crippen LogP contribution in [0, 0.1) is 17.8 Å². The number of hydrogen-bond acceptors (Lipinski definition) is 2. The van der Waals surface area contributed by atoms with Crippen molar-refractivity contribution in [3.63, 3.8) is 0 Å². The average molecular weight is 241 g/mol. The van der Waals surface area contributed by atoms with Crippen molar-refractivity contribution in [3.8, 4) is 0 Å². The van der Waals surface area contributed by atoms with E-state index in [1.54, 1.807) is 0 Å². The first-order valence-corrected chi connectivity index (χ1v) is 7.19. The molecule has 102 valence electrons. The predicted molar refractivity (Wildman–Crippen MR) is 74.2 cm³/mol. The molecular formula is C15H31NO. The van der Waals surface area contributed by atoms with Crippen LogP contribution in [-0.4, -0.2) is 25.3 Å². The molecule has 0 aromatic rings. The molecule has 1 N–H and O–H groups in total. The first-order valence-electron chi connectivity index (χ1n) is 7.19. The van der Waals surface area contributed by atoms with Gasteiger partial charge in [0, 0.05) is 18.7 Å². The van der Waals surface area contributed by atoms with Crippen LogP contribution >= 0.6 is 0 Å². The van der Waals surface area contributed by atoms with Gasteiger partial charge in [-0.15, -0.1) is 0 Å². The molecule has 2 nitrogen and oxygen atoms in total. The smallest absolute Gasteiger partial charge is 0.0506 e. The molecule has 1 aliphatic rings. The highest BCUT2D eigenvalue weighted by atomic mass is 16.5. The monoisotopic (exact) mass is 241 g/mol. The van der Waals surface area contributed by atoms with Gasteiger partial charge >= 0.3 is 0 Å². The normalized spacial score (nSPS) is 18.7. The van der Waals surface area contributed by atoms with Crippen LogP contribution in [-0.2, 0) is 4.74 Å². The molecule has 0 amide bonds. The van der Waals surface area contributed by atoms with Crippen molar-refractivity contribution in [2.24, 2.45) is 17.8 Å². The van der Waals surface area contributed by atoms with E-state index >= 15 is 0 Å².